The molecule has 6 heteroatoms. The third kappa shape index (κ3) is 4.08. The summed E-state index contributed by atoms with van der Waals surface area (Å²) in [6, 6.07) is 12.6. The second-order valence-electron chi connectivity index (χ2n) is 5.42. The molecule has 0 amide bonds. The van der Waals surface area contributed by atoms with Crippen LogP contribution in [0, 0.1) is 0 Å². The average Bonchev–Trinajstić information content (AvgIpc) is 2.70. The van der Waals surface area contributed by atoms with Crippen molar-refractivity contribution in [3.05, 3.63) is 60.2 Å². The molecule has 0 fully saturated rings. The number of esters is 1. The molecule has 0 aliphatic carbocycles. The number of carbonyl (C=O) groups is 1. The smallest absolute Gasteiger partial charge is 0.335 e. The van der Waals surface area contributed by atoms with Crippen LogP contribution in [0.4, 0.5) is 5.69 Å². The van der Waals surface area contributed by atoms with E-state index in [1.54, 1.807) is 33.5 Å². The Balaban J connectivity index is 2.45. The summed E-state index contributed by atoms with van der Waals surface area (Å²) >= 11 is 0. The van der Waals surface area contributed by atoms with E-state index in [-0.39, 0.29) is 5.57 Å². The fourth-order valence-corrected chi connectivity index (χ4v) is 2.60. The lowest BCUT2D eigenvalue weighted by Crippen LogP contribution is -2.19. The number of anilines is 1. The van der Waals surface area contributed by atoms with E-state index < -0.39 is 12.0 Å². The molecule has 0 unspecified atom stereocenters. The van der Waals surface area contributed by atoms with Crippen molar-refractivity contribution in [2.45, 2.75) is 6.04 Å². The Morgan fingerprint density at radius 3 is 2.00 bits per heavy atom. The summed E-state index contributed by atoms with van der Waals surface area (Å²) in [5.74, 6) is 1.01. The second-order valence-corrected chi connectivity index (χ2v) is 5.42. The van der Waals surface area contributed by atoms with E-state index >= 15 is 0 Å². The van der Waals surface area contributed by atoms with E-state index in [0.717, 1.165) is 5.56 Å². The highest BCUT2D eigenvalue weighted by Crippen LogP contribution is 2.41. The number of carbonyl (C=O) groups excluding carboxylic acids is 1. The molecule has 138 valence electrons. The maximum absolute atomic E-state index is 12.0. The maximum atomic E-state index is 12.0. The minimum Gasteiger partial charge on any atom is -0.493 e. The van der Waals surface area contributed by atoms with Gasteiger partial charge in [0.1, 0.15) is 0 Å². The molecule has 0 radical (unpaired) electrons. The van der Waals surface area contributed by atoms with Gasteiger partial charge < -0.3 is 24.3 Å². The lowest BCUT2D eigenvalue weighted by Gasteiger charge is -2.23. The summed E-state index contributed by atoms with van der Waals surface area (Å²) in [4.78, 5) is 12.0. The van der Waals surface area contributed by atoms with Crippen LogP contribution >= 0.6 is 0 Å². The van der Waals surface area contributed by atoms with Gasteiger partial charge in [0.05, 0.1) is 40.1 Å². The Labute approximate surface area is 153 Å². The number of hydrogen-bond donors (Lipinski definition) is 1. The van der Waals surface area contributed by atoms with Crippen molar-refractivity contribution >= 4 is 11.7 Å². The van der Waals surface area contributed by atoms with Gasteiger partial charge in [-0.3, -0.25) is 0 Å². The number of benzene rings is 2. The number of rotatable bonds is 8. The number of nitrogens with one attached hydrogen (secondary N) is 1. The highest BCUT2D eigenvalue weighted by atomic mass is 16.5. The summed E-state index contributed by atoms with van der Waals surface area (Å²) in [6.45, 7) is 3.89. The second kappa shape index (κ2) is 8.80. The van der Waals surface area contributed by atoms with E-state index in [0.29, 0.717) is 22.9 Å². The van der Waals surface area contributed by atoms with Gasteiger partial charge in [-0.2, -0.15) is 0 Å². The Kier molecular flexibility index (Phi) is 6.49. The summed E-state index contributed by atoms with van der Waals surface area (Å²) < 4.78 is 20.9. The third-order valence-corrected chi connectivity index (χ3v) is 3.90. The maximum Gasteiger partial charge on any atom is 0.335 e. The summed E-state index contributed by atoms with van der Waals surface area (Å²) in [7, 11) is 5.96. The van der Waals surface area contributed by atoms with Gasteiger partial charge in [-0.15, -0.1) is 0 Å². The van der Waals surface area contributed by atoms with Crippen LogP contribution in [0.5, 0.6) is 17.2 Å². The van der Waals surface area contributed by atoms with Gasteiger partial charge in [-0.25, -0.2) is 4.79 Å². The minimum absolute atomic E-state index is 0.285. The monoisotopic (exact) mass is 357 g/mol. The van der Waals surface area contributed by atoms with Gasteiger partial charge in [0, 0.05) is 17.8 Å². The lowest BCUT2D eigenvalue weighted by molar-refractivity contribution is -0.136. The molecule has 2 aromatic rings. The van der Waals surface area contributed by atoms with Crippen molar-refractivity contribution in [1.29, 1.82) is 0 Å². The van der Waals surface area contributed by atoms with Crippen LogP contribution in [0.3, 0.4) is 0 Å². The lowest BCUT2D eigenvalue weighted by atomic mass is 9.99. The minimum atomic E-state index is -0.487. The molecule has 1 N–H and O–H groups in total. The van der Waals surface area contributed by atoms with Gasteiger partial charge in [0.2, 0.25) is 5.75 Å². The van der Waals surface area contributed by atoms with Crippen LogP contribution in [0.2, 0.25) is 0 Å². The third-order valence-electron chi connectivity index (χ3n) is 3.90. The van der Waals surface area contributed by atoms with E-state index in [1.165, 1.54) is 7.11 Å². The molecule has 0 aliphatic heterocycles. The first-order chi connectivity index (χ1) is 12.5. The Hall–Kier alpha value is -3.15. The van der Waals surface area contributed by atoms with E-state index in [1.807, 2.05) is 30.3 Å². The molecular formula is C20H23NO5. The van der Waals surface area contributed by atoms with Crippen molar-refractivity contribution in [2.24, 2.45) is 0 Å². The molecule has 0 spiro atoms. The van der Waals surface area contributed by atoms with E-state index in [2.05, 4.69) is 11.9 Å². The predicted molar refractivity (Wildman–Crippen MR) is 100 cm³/mol. The summed E-state index contributed by atoms with van der Waals surface area (Å²) in [6.07, 6.45) is 0. The fourth-order valence-electron chi connectivity index (χ4n) is 2.60. The first-order valence-corrected chi connectivity index (χ1v) is 7.94. The summed E-state index contributed by atoms with van der Waals surface area (Å²) in [5.41, 5.74) is 1.84. The zero-order valence-corrected chi connectivity index (χ0v) is 15.4. The molecule has 2 rings (SSSR count). The van der Waals surface area contributed by atoms with Gasteiger partial charge >= 0.3 is 5.97 Å². The first-order valence-electron chi connectivity index (χ1n) is 7.94. The van der Waals surface area contributed by atoms with Crippen LogP contribution in [-0.4, -0.2) is 34.4 Å². The molecule has 0 aromatic heterocycles. The Morgan fingerprint density at radius 2 is 1.54 bits per heavy atom. The van der Waals surface area contributed by atoms with Crippen LogP contribution < -0.4 is 19.5 Å². The molecule has 1 atom stereocenters. The first kappa shape index (κ1) is 19.2. The largest absolute Gasteiger partial charge is 0.493 e. The van der Waals surface area contributed by atoms with Crippen LogP contribution in [0.1, 0.15) is 11.6 Å². The van der Waals surface area contributed by atoms with Crippen LogP contribution in [-0.2, 0) is 9.53 Å². The van der Waals surface area contributed by atoms with Crippen molar-refractivity contribution in [3.8, 4) is 17.2 Å². The van der Waals surface area contributed by atoms with Gasteiger partial charge in [-0.05, 0) is 5.56 Å². The van der Waals surface area contributed by atoms with E-state index in [4.69, 9.17) is 18.9 Å². The molecule has 0 aliphatic rings. The fraction of sp³-hybridized carbons (Fsp3) is 0.250. The van der Waals surface area contributed by atoms with Gasteiger partial charge in [0.25, 0.3) is 0 Å². The van der Waals surface area contributed by atoms with Crippen molar-refractivity contribution in [3.63, 3.8) is 0 Å². The molecule has 0 saturated carbocycles. The number of hydrogen-bond acceptors (Lipinski definition) is 6. The Bertz CT molecular complexity index is 748. The van der Waals surface area contributed by atoms with Crippen molar-refractivity contribution in [1.82, 2.24) is 0 Å². The molecular weight excluding hydrogens is 334 g/mol. The molecule has 2 aromatic carbocycles. The molecule has 6 nitrogen and oxygen atoms in total. The normalized spacial score (nSPS) is 11.2. The SMILES string of the molecule is C=C(C(=O)OC)[C@H](Nc1cc(OC)c(OC)c(OC)c1)c1ccccc1. The predicted octanol–water partition coefficient (Wildman–Crippen LogP) is 3.59. The molecule has 0 bridgehead atoms. The zero-order valence-electron chi connectivity index (χ0n) is 15.4. The summed E-state index contributed by atoms with van der Waals surface area (Å²) in [5, 5.41) is 3.30. The topological polar surface area (TPSA) is 66.0 Å². The molecule has 0 saturated heterocycles. The van der Waals surface area contributed by atoms with Crippen molar-refractivity contribution in [2.75, 3.05) is 33.8 Å². The van der Waals surface area contributed by atoms with Crippen LogP contribution in [0.25, 0.3) is 0 Å². The van der Waals surface area contributed by atoms with Crippen LogP contribution in [0.15, 0.2) is 54.6 Å². The highest BCUT2D eigenvalue weighted by Gasteiger charge is 2.23. The quantitative estimate of drug-likeness (QED) is 0.575. The Morgan fingerprint density at radius 1 is 0.962 bits per heavy atom. The zero-order chi connectivity index (χ0) is 19.1. The number of methoxy groups -OCH3 is 4. The van der Waals surface area contributed by atoms with Gasteiger partial charge in [0.15, 0.2) is 11.5 Å². The average molecular weight is 357 g/mol. The highest BCUT2D eigenvalue weighted by molar-refractivity contribution is 5.90. The molecule has 0 heterocycles. The van der Waals surface area contributed by atoms with Crippen molar-refractivity contribution < 1.29 is 23.7 Å². The number of ether oxygens (including phenoxy) is 4. The molecule has 26 heavy (non-hydrogen) atoms. The standard InChI is InChI=1S/C20H23NO5/c1-13(20(22)26-5)18(14-9-7-6-8-10-14)21-15-11-16(23-2)19(25-4)17(12-15)24-3/h6-12,18,21H,1H2,2-5H3/t18-/m0/s1. The van der Waals surface area contributed by atoms with E-state index in [9.17, 15) is 4.79 Å². The van der Waals surface area contributed by atoms with Gasteiger partial charge in [-0.1, -0.05) is 36.9 Å².